The summed E-state index contributed by atoms with van der Waals surface area (Å²) in [6.07, 6.45) is 3.64. The molecule has 1 fully saturated rings. The molecule has 0 radical (unpaired) electrons. The van der Waals surface area contributed by atoms with E-state index in [0.717, 1.165) is 24.8 Å². The lowest BCUT2D eigenvalue weighted by atomic mass is 9.94. The number of benzene rings is 2. The lowest BCUT2D eigenvalue weighted by molar-refractivity contribution is -0.384. The third-order valence-corrected chi connectivity index (χ3v) is 5.51. The van der Waals surface area contributed by atoms with Crippen molar-refractivity contribution in [2.75, 3.05) is 6.54 Å². The van der Waals surface area contributed by atoms with E-state index in [1.54, 1.807) is 30.3 Å². The molecular weight excluding hydrogens is 396 g/mol. The van der Waals surface area contributed by atoms with Gasteiger partial charge in [-0.05, 0) is 18.9 Å². The van der Waals surface area contributed by atoms with Crippen LogP contribution < -0.4 is 0 Å². The van der Waals surface area contributed by atoms with Gasteiger partial charge in [-0.1, -0.05) is 68.1 Å². The summed E-state index contributed by atoms with van der Waals surface area (Å²) in [6.45, 7) is 4.32. The highest BCUT2D eigenvalue weighted by molar-refractivity contribution is 6.46. The number of Topliss-reactive ketones (excluding diaryl/α,β-unsaturated/α-hetero) is 1. The van der Waals surface area contributed by atoms with E-state index in [1.807, 2.05) is 6.92 Å². The monoisotopic (exact) mass is 422 g/mol. The van der Waals surface area contributed by atoms with Crippen molar-refractivity contribution in [1.29, 1.82) is 0 Å². The van der Waals surface area contributed by atoms with Crippen LogP contribution in [0.1, 0.15) is 55.3 Å². The van der Waals surface area contributed by atoms with Crippen molar-refractivity contribution < 1.29 is 19.6 Å². The second kappa shape index (κ2) is 9.55. The predicted octanol–water partition coefficient (Wildman–Crippen LogP) is 4.91. The van der Waals surface area contributed by atoms with E-state index in [2.05, 4.69) is 6.92 Å². The molecule has 1 aliphatic rings. The fourth-order valence-electron chi connectivity index (χ4n) is 3.84. The molecule has 0 spiro atoms. The predicted molar refractivity (Wildman–Crippen MR) is 117 cm³/mol. The van der Waals surface area contributed by atoms with E-state index in [0.29, 0.717) is 24.1 Å². The molecular formula is C24H26N2O5. The van der Waals surface area contributed by atoms with E-state index in [4.69, 9.17) is 0 Å². The summed E-state index contributed by atoms with van der Waals surface area (Å²) in [5.74, 6) is -1.74. The van der Waals surface area contributed by atoms with Crippen LogP contribution in [0.3, 0.4) is 0 Å². The molecule has 162 valence electrons. The zero-order valence-electron chi connectivity index (χ0n) is 17.7. The number of rotatable bonds is 8. The Morgan fingerprint density at radius 3 is 2.45 bits per heavy atom. The maximum atomic E-state index is 12.9. The molecule has 1 aliphatic heterocycles. The molecule has 7 heteroatoms. The van der Waals surface area contributed by atoms with Gasteiger partial charge >= 0.3 is 0 Å². The van der Waals surface area contributed by atoms with E-state index in [1.165, 1.54) is 23.1 Å². The van der Waals surface area contributed by atoms with Gasteiger partial charge in [-0.2, -0.15) is 0 Å². The van der Waals surface area contributed by atoms with Crippen LogP contribution >= 0.6 is 0 Å². The van der Waals surface area contributed by atoms with Gasteiger partial charge in [0.05, 0.1) is 16.5 Å². The Hall–Kier alpha value is -3.48. The molecule has 0 aliphatic carbocycles. The number of aliphatic hydroxyl groups is 1. The average Bonchev–Trinajstić information content (AvgIpc) is 3.01. The van der Waals surface area contributed by atoms with Crippen molar-refractivity contribution in [3.05, 3.63) is 80.9 Å². The number of hydrogen-bond donors (Lipinski definition) is 1. The highest BCUT2D eigenvalue weighted by Crippen LogP contribution is 2.40. The van der Waals surface area contributed by atoms with Crippen LogP contribution in [0.5, 0.6) is 0 Å². The number of likely N-dealkylation sites (tertiary alicyclic amines) is 1. The van der Waals surface area contributed by atoms with Gasteiger partial charge < -0.3 is 10.0 Å². The number of nitro benzene ring substituents is 1. The topological polar surface area (TPSA) is 101 Å². The molecule has 0 saturated carbocycles. The standard InChI is InChI=1S/C24H26N2O5/c1-3-4-5-6-14-25-21(18-8-7-9-19(15-18)26(30)31)20(23(28)24(25)29)22(27)17-12-10-16(2)11-13-17/h7-13,15,21,27H,3-6,14H2,1-2H3/b22-20-/t21-/m0/s1. The number of amides is 1. The first-order chi connectivity index (χ1) is 14.8. The normalized spacial score (nSPS) is 17.9. The van der Waals surface area contributed by atoms with Gasteiger partial charge in [0.2, 0.25) is 0 Å². The molecule has 1 N–H and O–H groups in total. The zero-order chi connectivity index (χ0) is 22.5. The van der Waals surface area contributed by atoms with Gasteiger partial charge in [-0.25, -0.2) is 0 Å². The minimum absolute atomic E-state index is 0.0372. The number of non-ortho nitro benzene ring substituents is 1. The smallest absolute Gasteiger partial charge is 0.295 e. The van der Waals surface area contributed by atoms with Crippen LogP contribution in [0.4, 0.5) is 5.69 Å². The first-order valence-electron chi connectivity index (χ1n) is 10.4. The molecule has 2 aromatic rings. The van der Waals surface area contributed by atoms with Gasteiger partial charge in [0.15, 0.2) is 0 Å². The molecule has 1 atom stereocenters. The summed E-state index contributed by atoms with van der Waals surface area (Å²) in [6, 6.07) is 12.0. The molecule has 0 aromatic heterocycles. The molecule has 31 heavy (non-hydrogen) atoms. The largest absolute Gasteiger partial charge is 0.507 e. The summed E-state index contributed by atoms with van der Waals surface area (Å²) in [5, 5.41) is 22.3. The Balaban J connectivity index is 2.10. The first kappa shape index (κ1) is 22.2. The maximum Gasteiger partial charge on any atom is 0.295 e. The molecule has 3 rings (SSSR count). The molecule has 1 saturated heterocycles. The SMILES string of the molecule is CCCCCCN1C(=O)C(=O)/C(=C(\O)c2ccc(C)cc2)[C@@H]1c1cccc([N+](=O)[O-])c1. The molecule has 1 amide bonds. The summed E-state index contributed by atoms with van der Waals surface area (Å²) < 4.78 is 0. The second-order valence-electron chi connectivity index (χ2n) is 7.77. The number of nitrogens with zero attached hydrogens (tertiary/aromatic N) is 2. The van der Waals surface area contributed by atoms with Crippen LogP contribution in [0.2, 0.25) is 0 Å². The second-order valence-corrected chi connectivity index (χ2v) is 7.77. The molecule has 2 aromatic carbocycles. The minimum Gasteiger partial charge on any atom is -0.507 e. The lowest BCUT2D eigenvalue weighted by Crippen LogP contribution is -2.30. The Morgan fingerprint density at radius 1 is 1.10 bits per heavy atom. The number of ketones is 1. The van der Waals surface area contributed by atoms with E-state index >= 15 is 0 Å². The van der Waals surface area contributed by atoms with Crippen molar-refractivity contribution in [1.82, 2.24) is 4.90 Å². The van der Waals surface area contributed by atoms with Gasteiger partial charge in [0.1, 0.15) is 5.76 Å². The molecule has 7 nitrogen and oxygen atoms in total. The van der Waals surface area contributed by atoms with Gasteiger partial charge in [0, 0.05) is 24.2 Å². The van der Waals surface area contributed by atoms with Crippen molar-refractivity contribution in [2.24, 2.45) is 0 Å². The van der Waals surface area contributed by atoms with E-state index < -0.39 is 22.7 Å². The van der Waals surface area contributed by atoms with Crippen LogP contribution in [-0.4, -0.2) is 33.2 Å². The van der Waals surface area contributed by atoms with Gasteiger partial charge in [0.25, 0.3) is 17.4 Å². The van der Waals surface area contributed by atoms with Crippen LogP contribution in [0.15, 0.2) is 54.1 Å². The Morgan fingerprint density at radius 2 is 1.81 bits per heavy atom. The van der Waals surface area contributed by atoms with Crippen molar-refractivity contribution in [3.8, 4) is 0 Å². The van der Waals surface area contributed by atoms with Gasteiger partial charge in [-0.3, -0.25) is 19.7 Å². The number of hydrogen-bond acceptors (Lipinski definition) is 5. The maximum absolute atomic E-state index is 12.9. The van der Waals surface area contributed by atoms with Crippen LogP contribution in [0, 0.1) is 17.0 Å². The van der Waals surface area contributed by atoms with Crippen molar-refractivity contribution >= 4 is 23.1 Å². The van der Waals surface area contributed by atoms with Gasteiger partial charge in [-0.15, -0.1) is 0 Å². The highest BCUT2D eigenvalue weighted by Gasteiger charge is 2.46. The third kappa shape index (κ3) is 4.66. The number of aryl methyl sites for hydroxylation is 1. The number of nitro groups is 1. The van der Waals surface area contributed by atoms with E-state index in [9.17, 15) is 24.8 Å². The number of unbranched alkanes of at least 4 members (excludes halogenated alkanes) is 3. The lowest BCUT2D eigenvalue weighted by Gasteiger charge is -2.25. The number of carbonyl (C=O) groups is 2. The number of carbonyl (C=O) groups excluding carboxylic acids is 2. The fraction of sp³-hybridized carbons (Fsp3) is 0.333. The Kier molecular flexibility index (Phi) is 6.84. The van der Waals surface area contributed by atoms with Crippen molar-refractivity contribution in [3.63, 3.8) is 0 Å². The average molecular weight is 422 g/mol. The quantitative estimate of drug-likeness (QED) is 0.163. The zero-order valence-corrected chi connectivity index (χ0v) is 17.7. The molecule has 1 heterocycles. The first-order valence-corrected chi connectivity index (χ1v) is 10.4. The van der Waals surface area contributed by atoms with E-state index in [-0.39, 0.29) is 17.0 Å². The Labute approximate surface area is 181 Å². The van der Waals surface area contributed by atoms with Crippen molar-refractivity contribution in [2.45, 2.75) is 45.6 Å². The minimum atomic E-state index is -0.872. The van der Waals surface area contributed by atoms with Crippen LogP contribution in [0.25, 0.3) is 5.76 Å². The Bertz CT molecular complexity index is 1030. The molecule has 0 bridgehead atoms. The highest BCUT2D eigenvalue weighted by atomic mass is 16.6. The third-order valence-electron chi connectivity index (χ3n) is 5.51. The summed E-state index contributed by atoms with van der Waals surface area (Å²) in [7, 11) is 0. The fourth-order valence-corrected chi connectivity index (χ4v) is 3.84. The summed E-state index contributed by atoms with van der Waals surface area (Å²) in [4.78, 5) is 38.0. The molecule has 0 unspecified atom stereocenters. The summed E-state index contributed by atoms with van der Waals surface area (Å²) >= 11 is 0. The number of aliphatic hydroxyl groups excluding tert-OH is 1. The summed E-state index contributed by atoms with van der Waals surface area (Å²) in [5.41, 5.74) is 1.67. The van der Waals surface area contributed by atoms with Crippen LogP contribution in [-0.2, 0) is 9.59 Å².